The number of hydrogen-bond acceptors (Lipinski definition) is 9. The molecule has 0 radical (unpaired) electrons. The smallest absolute Gasteiger partial charge is 0.342 e. The van der Waals surface area contributed by atoms with Crippen LogP contribution in [0.3, 0.4) is 0 Å². The van der Waals surface area contributed by atoms with Gasteiger partial charge in [-0.1, -0.05) is 0 Å². The van der Waals surface area contributed by atoms with Crippen molar-refractivity contribution < 1.29 is 28.7 Å². The molecule has 154 valence electrons. The number of ether oxygens (including phenoxy) is 2. The Hall–Kier alpha value is -3.86. The Morgan fingerprint density at radius 2 is 1.77 bits per heavy atom. The average molecular weight is 429 g/mol. The molecular weight excluding hydrogens is 414 g/mol. The topological polar surface area (TPSA) is 138 Å². The maximum Gasteiger partial charge on any atom is 0.342 e. The van der Waals surface area contributed by atoms with E-state index in [1.165, 1.54) is 44.6 Å². The molecule has 1 heterocycles. The van der Waals surface area contributed by atoms with Crippen LogP contribution >= 0.6 is 11.8 Å². The predicted molar refractivity (Wildman–Crippen MR) is 107 cm³/mol. The molecule has 0 fully saturated rings. The van der Waals surface area contributed by atoms with E-state index in [1.54, 1.807) is 18.2 Å². The number of non-ortho nitro benzene ring substituents is 1. The molecule has 0 saturated carbocycles. The Bertz CT molecular complexity index is 1090. The van der Waals surface area contributed by atoms with Crippen molar-refractivity contribution >= 4 is 29.5 Å². The van der Waals surface area contributed by atoms with Gasteiger partial charge in [0.1, 0.15) is 16.4 Å². The van der Waals surface area contributed by atoms with Gasteiger partial charge in [-0.25, -0.2) is 4.79 Å². The lowest BCUT2D eigenvalue weighted by atomic mass is 10.2. The fraction of sp³-hybridized carbons (Fsp3) is 0.105. The molecule has 0 amide bonds. The fourth-order valence-corrected chi connectivity index (χ4v) is 3.04. The second-order valence-electron chi connectivity index (χ2n) is 5.74. The number of carboxylic acid groups (broad SMARTS) is 1. The molecular formula is C19H15N3O7S. The highest BCUT2D eigenvalue weighted by Gasteiger charge is 2.17. The highest BCUT2D eigenvalue weighted by atomic mass is 32.2. The minimum absolute atomic E-state index is 0.0161. The molecule has 1 aromatic heterocycles. The fourth-order valence-electron chi connectivity index (χ4n) is 2.37. The van der Waals surface area contributed by atoms with Crippen LogP contribution in [0, 0.1) is 10.1 Å². The third-order valence-corrected chi connectivity index (χ3v) is 4.67. The predicted octanol–water partition coefficient (Wildman–Crippen LogP) is 3.88. The van der Waals surface area contributed by atoms with E-state index < -0.39 is 10.9 Å². The molecule has 10 nitrogen and oxygen atoms in total. The first kappa shape index (κ1) is 20.9. The SMILES string of the molecule is COc1cc(OC)cc(-c2nnc(S/C(=C\c3ccc([N+](=O)[O-])cc3)C(=O)O)o2)c1. The van der Waals surface area contributed by atoms with Crippen LogP contribution in [0.25, 0.3) is 17.5 Å². The summed E-state index contributed by atoms with van der Waals surface area (Å²) in [7, 11) is 3.02. The van der Waals surface area contributed by atoms with Gasteiger partial charge in [-0.3, -0.25) is 10.1 Å². The number of nitrogens with zero attached hydrogens (tertiary/aromatic N) is 3. The van der Waals surface area contributed by atoms with Crippen LogP contribution in [0.5, 0.6) is 11.5 Å². The van der Waals surface area contributed by atoms with Gasteiger partial charge in [-0.2, -0.15) is 0 Å². The van der Waals surface area contributed by atoms with Crippen molar-refractivity contribution in [2.75, 3.05) is 14.2 Å². The Balaban J connectivity index is 1.85. The highest BCUT2D eigenvalue weighted by molar-refractivity contribution is 8.03. The number of methoxy groups -OCH3 is 2. The van der Waals surface area contributed by atoms with Crippen molar-refractivity contribution in [2.45, 2.75) is 5.22 Å². The van der Waals surface area contributed by atoms with Gasteiger partial charge >= 0.3 is 5.97 Å². The van der Waals surface area contributed by atoms with Crippen LogP contribution in [0.4, 0.5) is 5.69 Å². The number of nitro groups is 1. The van der Waals surface area contributed by atoms with Crippen LogP contribution in [0.1, 0.15) is 5.56 Å². The van der Waals surface area contributed by atoms with Gasteiger partial charge < -0.3 is 19.0 Å². The lowest BCUT2D eigenvalue weighted by Gasteiger charge is -2.05. The normalized spacial score (nSPS) is 11.2. The van der Waals surface area contributed by atoms with Gasteiger partial charge in [0.05, 0.1) is 19.1 Å². The van der Waals surface area contributed by atoms with Gasteiger partial charge in [0.15, 0.2) is 0 Å². The molecule has 0 saturated heterocycles. The Morgan fingerprint density at radius 3 is 2.30 bits per heavy atom. The Labute approximate surface area is 174 Å². The molecule has 3 rings (SSSR count). The van der Waals surface area contributed by atoms with Crippen molar-refractivity contribution in [3.05, 3.63) is 63.0 Å². The van der Waals surface area contributed by atoms with Crippen LogP contribution in [-0.4, -0.2) is 40.4 Å². The third kappa shape index (κ3) is 4.94. The summed E-state index contributed by atoms with van der Waals surface area (Å²) in [5.41, 5.74) is 0.927. The highest BCUT2D eigenvalue weighted by Crippen LogP contribution is 2.33. The van der Waals surface area contributed by atoms with E-state index in [1.807, 2.05) is 0 Å². The number of carboxylic acids is 1. The number of benzene rings is 2. The lowest BCUT2D eigenvalue weighted by molar-refractivity contribution is -0.384. The summed E-state index contributed by atoms with van der Waals surface area (Å²) in [6.45, 7) is 0. The molecule has 2 aromatic carbocycles. The zero-order chi connectivity index (χ0) is 21.7. The van der Waals surface area contributed by atoms with E-state index in [4.69, 9.17) is 13.9 Å². The van der Waals surface area contributed by atoms with Crippen LogP contribution in [0.15, 0.2) is 57.0 Å². The first-order chi connectivity index (χ1) is 14.4. The summed E-state index contributed by atoms with van der Waals surface area (Å²) in [6.07, 6.45) is 1.36. The summed E-state index contributed by atoms with van der Waals surface area (Å²) < 4.78 is 16.0. The summed E-state index contributed by atoms with van der Waals surface area (Å²) >= 11 is 0.762. The minimum atomic E-state index is -1.21. The molecule has 0 aliphatic rings. The number of hydrogen-bond donors (Lipinski definition) is 1. The summed E-state index contributed by atoms with van der Waals surface area (Å²) in [4.78, 5) is 21.7. The van der Waals surface area contributed by atoms with Crippen molar-refractivity contribution in [2.24, 2.45) is 0 Å². The second-order valence-corrected chi connectivity index (χ2v) is 6.73. The number of aliphatic carboxylic acids is 1. The van der Waals surface area contributed by atoms with Crippen LogP contribution in [-0.2, 0) is 4.79 Å². The van der Waals surface area contributed by atoms with Crippen molar-refractivity contribution in [3.8, 4) is 23.0 Å². The van der Waals surface area contributed by atoms with Gasteiger partial charge in [-0.15, -0.1) is 10.2 Å². The maximum absolute atomic E-state index is 11.6. The molecule has 0 spiro atoms. The zero-order valence-corrected chi connectivity index (χ0v) is 16.6. The first-order valence-corrected chi connectivity index (χ1v) is 9.15. The van der Waals surface area contributed by atoms with Crippen molar-refractivity contribution in [3.63, 3.8) is 0 Å². The summed E-state index contributed by atoms with van der Waals surface area (Å²) in [5, 5.41) is 28.0. The largest absolute Gasteiger partial charge is 0.497 e. The number of nitro benzene ring substituents is 1. The zero-order valence-electron chi connectivity index (χ0n) is 15.8. The standard InChI is InChI=1S/C19H15N3O7S/c1-27-14-8-12(9-15(10-14)28-2)17-20-21-19(29-17)30-16(18(23)24)7-11-3-5-13(6-4-11)22(25)26/h3-10H,1-2H3,(H,23,24)/b16-7-. The van der Waals surface area contributed by atoms with E-state index in [0.717, 1.165) is 11.8 Å². The van der Waals surface area contributed by atoms with Gasteiger partial charge in [0.2, 0.25) is 5.89 Å². The molecule has 0 atom stereocenters. The molecule has 30 heavy (non-hydrogen) atoms. The second kappa shape index (κ2) is 9.09. The van der Waals surface area contributed by atoms with Crippen LogP contribution < -0.4 is 9.47 Å². The lowest BCUT2D eigenvalue weighted by Crippen LogP contribution is -1.97. The van der Waals surface area contributed by atoms with Gasteiger partial charge in [0.25, 0.3) is 10.9 Å². The molecule has 0 aliphatic carbocycles. The molecule has 0 bridgehead atoms. The Kier molecular flexibility index (Phi) is 6.32. The molecule has 0 aliphatic heterocycles. The van der Waals surface area contributed by atoms with E-state index in [-0.39, 0.29) is 21.7 Å². The molecule has 11 heteroatoms. The third-order valence-electron chi connectivity index (χ3n) is 3.81. The molecule has 0 unspecified atom stereocenters. The average Bonchev–Trinajstić information content (AvgIpc) is 3.21. The summed E-state index contributed by atoms with van der Waals surface area (Å²) in [5.74, 6) is 0.0121. The van der Waals surface area contributed by atoms with Crippen molar-refractivity contribution in [1.82, 2.24) is 10.2 Å². The number of rotatable bonds is 8. The summed E-state index contributed by atoms with van der Waals surface area (Å²) in [6, 6.07) is 10.5. The van der Waals surface area contributed by atoms with Crippen molar-refractivity contribution in [1.29, 1.82) is 0 Å². The van der Waals surface area contributed by atoms with Crippen LogP contribution in [0.2, 0.25) is 0 Å². The van der Waals surface area contributed by atoms with E-state index in [2.05, 4.69) is 10.2 Å². The van der Waals surface area contributed by atoms with E-state index in [9.17, 15) is 20.0 Å². The molecule has 1 N–H and O–H groups in total. The number of aromatic nitrogens is 2. The quantitative estimate of drug-likeness (QED) is 0.243. The minimum Gasteiger partial charge on any atom is -0.497 e. The first-order valence-electron chi connectivity index (χ1n) is 8.34. The van der Waals surface area contributed by atoms with Gasteiger partial charge in [-0.05, 0) is 47.7 Å². The maximum atomic E-state index is 11.6. The number of thioether (sulfide) groups is 1. The van der Waals surface area contributed by atoms with E-state index in [0.29, 0.717) is 22.6 Å². The Morgan fingerprint density at radius 1 is 1.13 bits per heavy atom. The monoisotopic (exact) mass is 429 g/mol. The van der Waals surface area contributed by atoms with E-state index >= 15 is 0 Å². The number of carbonyl (C=O) groups is 1. The van der Waals surface area contributed by atoms with Gasteiger partial charge in [0, 0.05) is 23.8 Å². The molecule has 3 aromatic rings.